The largest absolute Gasteiger partial charge is 0.450 e. The maximum absolute atomic E-state index is 13.1. The van der Waals surface area contributed by atoms with E-state index < -0.39 is 18.3 Å². The molecule has 1 aliphatic rings. The van der Waals surface area contributed by atoms with Crippen LogP contribution in [-0.2, 0) is 4.74 Å². The predicted molar refractivity (Wildman–Crippen MR) is 46.1 cm³/mol. The Labute approximate surface area is 76.8 Å². The van der Waals surface area contributed by atoms with Gasteiger partial charge in [-0.15, -0.1) is 0 Å². The highest BCUT2D eigenvalue weighted by Gasteiger charge is 2.29. The van der Waals surface area contributed by atoms with Gasteiger partial charge >= 0.3 is 6.09 Å². The van der Waals surface area contributed by atoms with E-state index in [-0.39, 0.29) is 6.54 Å². The van der Waals surface area contributed by atoms with Crippen molar-refractivity contribution in [2.45, 2.75) is 25.6 Å². The third kappa shape index (κ3) is 2.55. The van der Waals surface area contributed by atoms with Crippen LogP contribution in [-0.4, -0.2) is 42.9 Å². The zero-order valence-corrected chi connectivity index (χ0v) is 7.70. The first kappa shape index (κ1) is 10.2. The van der Waals surface area contributed by atoms with Crippen molar-refractivity contribution in [2.75, 3.05) is 19.7 Å². The van der Waals surface area contributed by atoms with Gasteiger partial charge in [0.05, 0.1) is 13.2 Å². The van der Waals surface area contributed by atoms with Crippen LogP contribution in [0.3, 0.4) is 0 Å². The number of hydrogen-bond donors (Lipinski definition) is 1. The summed E-state index contributed by atoms with van der Waals surface area (Å²) in [6, 6.07) is -0.439. The summed E-state index contributed by atoms with van der Waals surface area (Å²) in [7, 11) is 0. The normalized spacial score (nSPS) is 28.7. The van der Waals surface area contributed by atoms with E-state index in [1.54, 1.807) is 6.92 Å². The summed E-state index contributed by atoms with van der Waals surface area (Å²) in [5.41, 5.74) is 5.46. The van der Waals surface area contributed by atoms with E-state index in [1.165, 1.54) is 4.90 Å². The Morgan fingerprint density at radius 2 is 2.46 bits per heavy atom. The first-order valence-corrected chi connectivity index (χ1v) is 4.46. The molecule has 0 saturated carbocycles. The molecule has 0 aromatic heterocycles. The fourth-order valence-electron chi connectivity index (χ4n) is 1.30. The Bertz CT molecular complexity index is 189. The van der Waals surface area contributed by atoms with E-state index in [0.717, 1.165) is 0 Å². The van der Waals surface area contributed by atoms with Crippen molar-refractivity contribution in [1.29, 1.82) is 0 Å². The van der Waals surface area contributed by atoms with Gasteiger partial charge in [0.15, 0.2) is 0 Å². The van der Waals surface area contributed by atoms with Crippen LogP contribution in [0.2, 0.25) is 0 Å². The molecule has 4 nitrogen and oxygen atoms in total. The minimum absolute atomic E-state index is 0.0556. The molecule has 76 valence electrons. The van der Waals surface area contributed by atoms with Crippen LogP contribution in [0.25, 0.3) is 0 Å². The van der Waals surface area contributed by atoms with Gasteiger partial charge in [-0.25, -0.2) is 9.18 Å². The van der Waals surface area contributed by atoms with E-state index >= 15 is 0 Å². The molecular weight excluding hydrogens is 175 g/mol. The highest BCUT2D eigenvalue weighted by Crippen LogP contribution is 2.12. The number of likely N-dealkylation sites (tertiary alicyclic amines) is 1. The van der Waals surface area contributed by atoms with Crippen LogP contribution < -0.4 is 5.73 Å². The van der Waals surface area contributed by atoms with Gasteiger partial charge in [-0.05, 0) is 13.3 Å². The van der Waals surface area contributed by atoms with Crippen molar-refractivity contribution in [2.24, 2.45) is 5.73 Å². The molecule has 5 heteroatoms. The average molecular weight is 190 g/mol. The van der Waals surface area contributed by atoms with Gasteiger partial charge in [-0.1, -0.05) is 0 Å². The maximum atomic E-state index is 13.1. The molecule has 0 aromatic carbocycles. The van der Waals surface area contributed by atoms with Gasteiger partial charge in [0, 0.05) is 12.6 Å². The maximum Gasteiger partial charge on any atom is 0.409 e. The number of halogens is 1. The molecule has 0 radical (unpaired) electrons. The van der Waals surface area contributed by atoms with E-state index in [2.05, 4.69) is 0 Å². The number of carbonyl (C=O) groups excluding carboxylic acids is 1. The summed E-state index contributed by atoms with van der Waals surface area (Å²) in [5, 5.41) is 0. The van der Waals surface area contributed by atoms with Crippen LogP contribution in [0, 0.1) is 0 Å². The van der Waals surface area contributed by atoms with Crippen molar-refractivity contribution >= 4 is 6.09 Å². The van der Waals surface area contributed by atoms with Gasteiger partial charge in [-0.3, -0.25) is 0 Å². The smallest absolute Gasteiger partial charge is 0.409 e. The SMILES string of the molecule is CCOC(=O)N1CCC(N)C(F)C1. The number of amides is 1. The van der Waals surface area contributed by atoms with Gasteiger partial charge in [0.2, 0.25) is 0 Å². The molecule has 0 spiro atoms. The van der Waals surface area contributed by atoms with Crippen molar-refractivity contribution in [3.05, 3.63) is 0 Å². The molecule has 1 heterocycles. The van der Waals surface area contributed by atoms with E-state index in [0.29, 0.717) is 19.6 Å². The molecule has 0 aliphatic carbocycles. The molecule has 1 aliphatic heterocycles. The first-order valence-electron chi connectivity index (χ1n) is 4.46. The Morgan fingerprint density at radius 1 is 1.77 bits per heavy atom. The number of ether oxygens (including phenoxy) is 1. The van der Waals surface area contributed by atoms with Crippen molar-refractivity contribution in [1.82, 2.24) is 4.90 Å². The number of nitrogens with two attached hydrogens (primary N) is 1. The molecule has 2 N–H and O–H groups in total. The molecule has 1 saturated heterocycles. The van der Waals surface area contributed by atoms with Crippen molar-refractivity contribution in [3.8, 4) is 0 Å². The lowest BCUT2D eigenvalue weighted by atomic mass is 10.1. The highest BCUT2D eigenvalue weighted by molar-refractivity contribution is 5.67. The van der Waals surface area contributed by atoms with E-state index in [1.807, 2.05) is 0 Å². The lowest BCUT2D eigenvalue weighted by Gasteiger charge is -2.31. The van der Waals surface area contributed by atoms with Crippen LogP contribution in [0.4, 0.5) is 9.18 Å². The van der Waals surface area contributed by atoms with E-state index in [4.69, 9.17) is 10.5 Å². The molecule has 2 unspecified atom stereocenters. The number of nitrogens with zero attached hydrogens (tertiary/aromatic N) is 1. The van der Waals surface area contributed by atoms with Gasteiger partial charge in [-0.2, -0.15) is 0 Å². The fraction of sp³-hybridized carbons (Fsp3) is 0.875. The minimum Gasteiger partial charge on any atom is -0.450 e. The Morgan fingerprint density at radius 3 is 3.00 bits per heavy atom. The zero-order chi connectivity index (χ0) is 9.84. The molecule has 0 bridgehead atoms. The third-order valence-electron chi connectivity index (χ3n) is 2.12. The average Bonchev–Trinajstić information content (AvgIpc) is 2.10. The summed E-state index contributed by atoms with van der Waals surface area (Å²) in [4.78, 5) is 12.5. The van der Waals surface area contributed by atoms with Crippen LogP contribution in [0.15, 0.2) is 0 Å². The highest BCUT2D eigenvalue weighted by atomic mass is 19.1. The second kappa shape index (κ2) is 4.41. The number of carbonyl (C=O) groups is 1. The molecule has 0 aromatic rings. The second-order valence-electron chi connectivity index (χ2n) is 3.11. The minimum atomic E-state index is -1.13. The fourth-order valence-corrected chi connectivity index (χ4v) is 1.30. The summed E-state index contributed by atoms with van der Waals surface area (Å²) < 4.78 is 17.8. The summed E-state index contributed by atoms with van der Waals surface area (Å²) in [6.07, 6.45) is -1.07. The summed E-state index contributed by atoms with van der Waals surface area (Å²) >= 11 is 0. The summed E-state index contributed by atoms with van der Waals surface area (Å²) in [5.74, 6) is 0. The van der Waals surface area contributed by atoms with Crippen LogP contribution >= 0.6 is 0 Å². The quantitative estimate of drug-likeness (QED) is 0.655. The molecule has 2 atom stereocenters. The predicted octanol–water partition coefficient (Wildman–Crippen LogP) is 0.514. The standard InChI is InChI=1S/C8H15FN2O2/c1-2-13-8(12)11-4-3-7(10)6(9)5-11/h6-7H,2-5,10H2,1H3. The Balaban J connectivity index is 2.40. The van der Waals surface area contributed by atoms with Gasteiger partial charge in [0.25, 0.3) is 0 Å². The molecule has 1 rings (SSSR count). The molecule has 1 amide bonds. The number of hydrogen-bond acceptors (Lipinski definition) is 3. The third-order valence-corrected chi connectivity index (χ3v) is 2.12. The monoisotopic (exact) mass is 190 g/mol. The topological polar surface area (TPSA) is 55.6 Å². The summed E-state index contributed by atoms with van der Waals surface area (Å²) in [6.45, 7) is 2.58. The molecule has 1 fully saturated rings. The van der Waals surface area contributed by atoms with Crippen molar-refractivity contribution in [3.63, 3.8) is 0 Å². The number of alkyl halides is 1. The first-order chi connectivity index (χ1) is 6.15. The Kier molecular flexibility index (Phi) is 3.48. The van der Waals surface area contributed by atoms with Crippen LogP contribution in [0.5, 0.6) is 0 Å². The number of piperidine rings is 1. The Hall–Kier alpha value is -0.840. The van der Waals surface area contributed by atoms with Gasteiger partial charge < -0.3 is 15.4 Å². The lowest BCUT2D eigenvalue weighted by Crippen LogP contribution is -2.50. The molecule has 13 heavy (non-hydrogen) atoms. The zero-order valence-electron chi connectivity index (χ0n) is 7.70. The second-order valence-corrected chi connectivity index (χ2v) is 3.11. The van der Waals surface area contributed by atoms with Crippen molar-refractivity contribution < 1.29 is 13.9 Å². The van der Waals surface area contributed by atoms with Crippen LogP contribution in [0.1, 0.15) is 13.3 Å². The lowest BCUT2D eigenvalue weighted by molar-refractivity contribution is 0.0735. The van der Waals surface area contributed by atoms with Gasteiger partial charge in [0.1, 0.15) is 6.17 Å². The van der Waals surface area contributed by atoms with E-state index in [9.17, 15) is 9.18 Å². The number of rotatable bonds is 1. The molecular formula is C8H15FN2O2.